The second kappa shape index (κ2) is 6.53. The van der Waals surface area contributed by atoms with Gasteiger partial charge in [-0.15, -0.1) is 11.8 Å². The molecule has 19 heavy (non-hydrogen) atoms. The number of thioether (sulfide) groups is 1. The Morgan fingerprint density at radius 3 is 2.68 bits per heavy atom. The summed E-state index contributed by atoms with van der Waals surface area (Å²) in [5.41, 5.74) is 9.09. The van der Waals surface area contributed by atoms with Crippen LogP contribution >= 0.6 is 11.8 Å². The van der Waals surface area contributed by atoms with Crippen LogP contribution in [0.3, 0.4) is 0 Å². The van der Waals surface area contributed by atoms with E-state index in [4.69, 9.17) is 10.5 Å². The maximum absolute atomic E-state index is 5.86. The van der Waals surface area contributed by atoms with Crippen molar-refractivity contribution in [3.05, 3.63) is 53.6 Å². The number of nitrogen functional groups attached to an aromatic ring is 1. The summed E-state index contributed by atoms with van der Waals surface area (Å²) in [6, 6.07) is 14.2. The predicted molar refractivity (Wildman–Crippen MR) is 82.8 cm³/mol. The first kappa shape index (κ1) is 13.8. The second-order valence-corrected chi connectivity index (χ2v) is 5.37. The second-order valence-electron chi connectivity index (χ2n) is 4.35. The van der Waals surface area contributed by atoms with Gasteiger partial charge in [-0.1, -0.05) is 18.2 Å². The van der Waals surface area contributed by atoms with Crippen LogP contribution in [0.1, 0.15) is 18.1 Å². The van der Waals surface area contributed by atoms with Gasteiger partial charge >= 0.3 is 0 Å². The molecule has 0 atom stereocenters. The van der Waals surface area contributed by atoms with Crippen LogP contribution in [-0.2, 0) is 5.75 Å². The molecule has 0 aliphatic heterocycles. The molecule has 2 aromatic carbocycles. The Kier molecular flexibility index (Phi) is 4.74. The first-order valence-electron chi connectivity index (χ1n) is 6.40. The minimum Gasteiger partial charge on any atom is -0.494 e. The van der Waals surface area contributed by atoms with Gasteiger partial charge in [0.05, 0.1) is 6.61 Å². The lowest BCUT2D eigenvalue weighted by Gasteiger charge is -2.11. The monoisotopic (exact) mass is 273 g/mol. The Hall–Kier alpha value is -1.61. The Balaban J connectivity index is 2.14. The summed E-state index contributed by atoms with van der Waals surface area (Å²) in [5.74, 6) is 1.79. The number of hydrogen-bond acceptors (Lipinski definition) is 3. The molecule has 3 heteroatoms. The zero-order valence-electron chi connectivity index (χ0n) is 11.3. The molecule has 0 spiro atoms. The van der Waals surface area contributed by atoms with E-state index in [0.717, 1.165) is 22.8 Å². The standard InChI is InChI=1S/C16H19NOS/c1-3-18-15-9-8-14(17)10-13(15)11-19-16-7-5-4-6-12(16)2/h4-10H,3,11,17H2,1-2H3. The van der Waals surface area contributed by atoms with Crippen molar-refractivity contribution in [2.24, 2.45) is 0 Å². The van der Waals surface area contributed by atoms with Gasteiger partial charge in [-0.25, -0.2) is 0 Å². The highest BCUT2D eigenvalue weighted by molar-refractivity contribution is 7.98. The van der Waals surface area contributed by atoms with E-state index in [0.29, 0.717) is 6.61 Å². The van der Waals surface area contributed by atoms with Crippen LogP contribution in [-0.4, -0.2) is 6.61 Å². The summed E-state index contributed by atoms with van der Waals surface area (Å²) >= 11 is 1.81. The van der Waals surface area contributed by atoms with Gasteiger partial charge in [0.15, 0.2) is 0 Å². The molecule has 0 fully saturated rings. The predicted octanol–water partition coefficient (Wildman–Crippen LogP) is 4.27. The first-order chi connectivity index (χ1) is 9.20. The van der Waals surface area contributed by atoms with E-state index in [1.807, 2.05) is 36.9 Å². The molecule has 0 aliphatic rings. The third kappa shape index (κ3) is 3.67. The summed E-state index contributed by atoms with van der Waals surface area (Å²) in [4.78, 5) is 1.30. The summed E-state index contributed by atoms with van der Waals surface area (Å²) in [6.07, 6.45) is 0. The summed E-state index contributed by atoms with van der Waals surface area (Å²) in [6.45, 7) is 4.80. The average Bonchev–Trinajstić information content (AvgIpc) is 2.41. The van der Waals surface area contributed by atoms with Gasteiger partial charge in [-0.05, 0) is 43.7 Å². The van der Waals surface area contributed by atoms with Crippen molar-refractivity contribution >= 4 is 17.4 Å². The Morgan fingerprint density at radius 1 is 1.16 bits per heavy atom. The topological polar surface area (TPSA) is 35.2 Å². The fourth-order valence-electron chi connectivity index (χ4n) is 1.88. The smallest absolute Gasteiger partial charge is 0.123 e. The summed E-state index contributed by atoms with van der Waals surface area (Å²) in [5, 5.41) is 0. The maximum atomic E-state index is 5.86. The van der Waals surface area contributed by atoms with Gasteiger partial charge in [0, 0.05) is 21.9 Å². The van der Waals surface area contributed by atoms with Crippen molar-refractivity contribution in [1.29, 1.82) is 0 Å². The molecule has 0 saturated carbocycles. The molecular weight excluding hydrogens is 254 g/mol. The minimum absolute atomic E-state index is 0.673. The number of nitrogens with two attached hydrogens (primary N) is 1. The molecule has 0 aliphatic carbocycles. The van der Waals surface area contributed by atoms with E-state index >= 15 is 0 Å². The van der Waals surface area contributed by atoms with Crippen molar-refractivity contribution in [2.45, 2.75) is 24.5 Å². The van der Waals surface area contributed by atoms with Gasteiger partial charge in [0.2, 0.25) is 0 Å². The fourth-order valence-corrected chi connectivity index (χ4v) is 2.89. The molecule has 0 bridgehead atoms. The molecule has 2 N–H and O–H groups in total. The Morgan fingerprint density at radius 2 is 1.95 bits per heavy atom. The quantitative estimate of drug-likeness (QED) is 0.652. The highest BCUT2D eigenvalue weighted by atomic mass is 32.2. The molecular formula is C16H19NOS. The number of hydrogen-bond donors (Lipinski definition) is 1. The van der Waals surface area contributed by atoms with Crippen LogP contribution in [0.4, 0.5) is 5.69 Å². The fraction of sp³-hybridized carbons (Fsp3) is 0.250. The number of aryl methyl sites for hydroxylation is 1. The Bertz CT molecular complexity index is 554. The van der Waals surface area contributed by atoms with Crippen LogP contribution < -0.4 is 10.5 Å². The Labute approximate surface area is 119 Å². The molecule has 2 aromatic rings. The molecule has 2 rings (SSSR count). The minimum atomic E-state index is 0.673. The van der Waals surface area contributed by atoms with Gasteiger partial charge in [-0.3, -0.25) is 0 Å². The van der Waals surface area contributed by atoms with E-state index in [1.165, 1.54) is 10.5 Å². The van der Waals surface area contributed by atoms with Crippen molar-refractivity contribution in [1.82, 2.24) is 0 Å². The highest BCUT2D eigenvalue weighted by Gasteiger charge is 2.06. The number of benzene rings is 2. The summed E-state index contributed by atoms with van der Waals surface area (Å²) in [7, 11) is 0. The van der Waals surface area contributed by atoms with E-state index in [1.54, 1.807) is 0 Å². The molecule has 2 nitrogen and oxygen atoms in total. The van der Waals surface area contributed by atoms with Crippen LogP contribution in [0.15, 0.2) is 47.4 Å². The third-order valence-corrected chi connectivity index (χ3v) is 4.09. The molecule has 0 saturated heterocycles. The zero-order valence-corrected chi connectivity index (χ0v) is 12.2. The highest BCUT2D eigenvalue weighted by Crippen LogP contribution is 2.31. The van der Waals surface area contributed by atoms with Crippen molar-refractivity contribution in [3.8, 4) is 5.75 Å². The molecule has 0 amide bonds. The van der Waals surface area contributed by atoms with Crippen molar-refractivity contribution < 1.29 is 4.74 Å². The van der Waals surface area contributed by atoms with E-state index in [9.17, 15) is 0 Å². The van der Waals surface area contributed by atoms with Crippen molar-refractivity contribution in [2.75, 3.05) is 12.3 Å². The van der Waals surface area contributed by atoms with Crippen LogP contribution in [0.2, 0.25) is 0 Å². The number of anilines is 1. The van der Waals surface area contributed by atoms with Crippen LogP contribution in [0.25, 0.3) is 0 Å². The lowest BCUT2D eigenvalue weighted by Crippen LogP contribution is -1.97. The summed E-state index contributed by atoms with van der Waals surface area (Å²) < 4.78 is 5.64. The lowest BCUT2D eigenvalue weighted by molar-refractivity contribution is 0.337. The normalized spacial score (nSPS) is 10.4. The molecule has 0 heterocycles. The van der Waals surface area contributed by atoms with Crippen LogP contribution in [0, 0.1) is 6.92 Å². The molecule has 100 valence electrons. The van der Waals surface area contributed by atoms with Crippen molar-refractivity contribution in [3.63, 3.8) is 0 Å². The van der Waals surface area contributed by atoms with Gasteiger partial charge in [0.1, 0.15) is 5.75 Å². The molecule has 0 unspecified atom stereocenters. The molecule has 0 aromatic heterocycles. The number of ether oxygens (including phenoxy) is 1. The van der Waals surface area contributed by atoms with E-state index in [-0.39, 0.29) is 0 Å². The average molecular weight is 273 g/mol. The zero-order chi connectivity index (χ0) is 13.7. The van der Waals surface area contributed by atoms with Gasteiger partial charge in [0.25, 0.3) is 0 Å². The third-order valence-electron chi connectivity index (χ3n) is 2.86. The van der Waals surface area contributed by atoms with Gasteiger partial charge in [-0.2, -0.15) is 0 Å². The molecule has 0 radical (unpaired) electrons. The first-order valence-corrected chi connectivity index (χ1v) is 7.39. The SMILES string of the molecule is CCOc1ccc(N)cc1CSc1ccccc1C. The van der Waals surface area contributed by atoms with E-state index in [2.05, 4.69) is 31.2 Å². The lowest BCUT2D eigenvalue weighted by atomic mass is 10.2. The van der Waals surface area contributed by atoms with Gasteiger partial charge < -0.3 is 10.5 Å². The van der Waals surface area contributed by atoms with Crippen LogP contribution in [0.5, 0.6) is 5.75 Å². The maximum Gasteiger partial charge on any atom is 0.123 e. The number of rotatable bonds is 5. The van der Waals surface area contributed by atoms with E-state index < -0.39 is 0 Å². The largest absolute Gasteiger partial charge is 0.494 e.